The quantitative estimate of drug-likeness (QED) is 0.601. The van der Waals surface area contributed by atoms with Gasteiger partial charge >= 0.3 is 0 Å². The number of nitrogens with two attached hydrogens (primary N) is 2. The minimum Gasteiger partial charge on any atom is -0.372 e. The molecule has 0 saturated carbocycles. The summed E-state index contributed by atoms with van der Waals surface area (Å²) in [5.74, 6) is 5.84. The van der Waals surface area contributed by atoms with Gasteiger partial charge in [0.2, 0.25) is 6.41 Å². The molecule has 0 radical (unpaired) electrons. The van der Waals surface area contributed by atoms with E-state index in [0.717, 1.165) is 29.8 Å². The Bertz CT molecular complexity index is 916. The number of aryl methyl sites for hydroxylation is 1. The topological polar surface area (TPSA) is 102 Å². The van der Waals surface area contributed by atoms with Crippen molar-refractivity contribution in [3.05, 3.63) is 71.6 Å². The van der Waals surface area contributed by atoms with E-state index in [1.54, 1.807) is 18.5 Å². The number of carbonyl (C=O) groups is 2. The Morgan fingerprint density at radius 1 is 1.30 bits per heavy atom. The highest BCUT2D eigenvalue weighted by atomic mass is 16.1. The summed E-state index contributed by atoms with van der Waals surface area (Å²) in [6.07, 6.45) is 5.20. The van der Waals surface area contributed by atoms with Crippen LogP contribution in [0.3, 0.4) is 0 Å². The highest BCUT2D eigenvalue weighted by molar-refractivity contribution is 5.73. The zero-order valence-corrected chi connectivity index (χ0v) is 17.9. The molecule has 0 bridgehead atoms. The Morgan fingerprint density at radius 3 is 2.60 bits per heavy atom. The van der Waals surface area contributed by atoms with Crippen LogP contribution in [0.25, 0.3) is 5.70 Å². The van der Waals surface area contributed by atoms with Gasteiger partial charge < -0.3 is 21.2 Å². The fraction of sp³-hybridized carbons (Fsp3) is 0.292. The number of fused-ring (bicyclic) bond motifs is 1. The van der Waals surface area contributed by atoms with Crippen LogP contribution in [0.15, 0.2) is 49.3 Å². The molecule has 2 heterocycles. The van der Waals surface area contributed by atoms with Crippen LogP contribution in [0.2, 0.25) is 0 Å². The maximum absolute atomic E-state index is 11.6. The third kappa shape index (κ3) is 6.87. The van der Waals surface area contributed by atoms with Crippen LogP contribution in [0.4, 0.5) is 0 Å². The van der Waals surface area contributed by atoms with Gasteiger partial charge in [-0.25, -0.2) is 0 Å². The molecule has 4 N–H and O–H groups in total. The first kappa shape index (κ1) is 24.6. The van der Waals surface area contributed by atoms with Crippen LogP contribution in [0.1, 0.15) is 36.1 Å². The molecule has 0 saturated heterocycles. The number of aromatic nitrogens is 1. The van der Waals surface area contributed by atoms with Gasteiger partial charge in [-0.05, 0) is 31.0 Å². The van der Waals surface area contributed by atoms with Crippen molar-refractivity contribution in [2.24, 2.45) is 11.5 Å². The van der Waals surface area contributed by atoms with Crippen molar-refractivity contribution < 1.29 is 9.59 Å². The van der Waals surface area contributed by atoms with Gasteiger partial charge in [0.15, 0.2) is 11.8 Å². The predicted octanol–water partition coefficient (Wildman–Crippen LogP) is 2.29. The number of hydrogen-bond acceptors (Lipinski definition) is 5. The molecule has 1 aliphatic heterocycles. The summed E-state index contributed by atoms with van der Waals surface area (Å²) < 4.78 is 0. The van der Waals surface area contributed by atoms with Crippen LogP contribution < -0.4 is 11.5 Å². The first-order valence-electron chi connectivity index (χ1n) is 9.80. The van der Waals surface area contributed by atoms with E-state index < -0.39 is 5.54 Å². The largest absolute Gasteiger partial charge is 0.372 e. The Hall–Kier alpha value is -3.43. The number of nitrogens with zero attached hydrogens (tertiary/aromatic N) is 2. The molecule has 0 spiro atoms. The highest BCUT2D eigenvalue weighted by Gasteiger charge is 2.29. The third-order valence-corrected chi connectivity index (χ3v) is 4.37. The van der Waals surface area contributed by atoms with Gasteiger partial charge in [-0.2, -0.15) is 0 Å². The van der Waals surface area contributed by atoms with Gasteiger partial charge in [-0.1, -0.05) is 56.0 Å². The highest BCUT2D eigenvalue weighted by Crippen LogP contribution is 2.28. The zero-order valence-electron chi connectivity index (χ0n) is 17.9. The molecular weight excluding hydrogens is 376 g/mol. The second kappa shape index (κ2) is 12.2. The number of aldehydes is 1. The lowest BCUT2D eigenvalue weighted by atomic mass is 9.93. The van der Waals surface area contributed by atoms with Crippen molar-refractivity contribution in [3.8, 4) is 11.8 Å². The van der Waals surface area contributed by atoms with E-state index in [-0.39, 0.29) is 6.41 Å². The lowest BCUT2D eigenvalue weighted by Crippen LogP contribution is -2.51. The van der Waals surface area contributed by atoms with E-state index in [9.17, 15) is 4.79 Å². The Balaban J connectivity index is 0.000000826. The maximum atomic E-state index is 11.6. The van der Waals surface area contributed by atoms with Gasteiger partial charge in [-0.3, -0.25) is 9.78 Å². The summed E-state index contributed by atoms with van der Waals surface area (Å²) in [5, 5.41) is 0. The summed E-state index contributed by atoms with van der Waals surface area (Å²) in [6.45, 7) is 11.4. The molecule has 3 rings (SSSR count). The lowest BCUT2D eigenvalue weighted by molar-refractivity contribution is -0.111. The molecule has 6 nitrogen and oxygen atoms in total. The summed E-state index contributed by atoms with van der Waals surface area (Å²) >= 11 is 0. The summed E-state index contributed by atoms with van der Waals surface area (Å²) in [7, 11) is 0. The molecule has 1 aromatic carbocycles. The van der Waals surface area contributed by atoms with Gasteiger partial charge in [0.05, 0.1) is 6.54 Å². The molecule has 1 unspecified atom stereocenters. The smallest absolute Gasteiger partial charge is 0.204 e. The van der Waals surface area contributed by atoms with Crippen LogP contribution in [0, 0.1) is 18.8 Å². The molecule has 2 aromatic rings. The van der Waals surface area contributed by atoms with Gasteiger partial charge in [0, 0.05) is 35.8 Å². The second-order valence-corrected chi connectivity index (χ2v) is 6.56. The molecule has 6 heteroatoms. The number of hydrogen-bond donors (Lipinski definition) is 2. The summed E-state index contributed by atoms with van der Waals surface area (Å²) in [4.78, 5) is 26.3. The fourth-order valence-corrected chi connectivity index (χ4v) is 2.99. The molecular formula is C24H30N4O2. The van der Waals surface area contributed by atoms with Gasteiger partial charge in [0.1, 0.15) is 0 Å². The molecule has 1 amide bonds. The molecule has 1 aromatic heterocycles. The van der Waals surface area contributed by atoms with Crippen molar-refractivity contribution >= 4 is 18.4 Å². The van der Waals surface area contributed by atoms with E-state index in [1.807, 2.05) is 24.8 Å². The Labute approximate surface area is 179 Å². The minimum atomic E-state index is -1.25. The molecule has 1 aliphatic rings. The van der Waals surface area contributed by atoms with Crippen molar-refractivity contribution in [3.63, 3.8) is 0 Å². The van der Waals surface area contributed by atoms with E-state index in [2.05, 4.69) is 54.3 Å². The predicted molar refractivity (Wildman–Crippen MR) is 121 cm³/mol. The average molecular weight is 407 g/mol. The number of amides is 1. The fourth-order valence-electron chi connectivity index (χ4n) is 2.99. The van der Waals surface area contributed by atoms with Crippen LogP contribution in [-0.4, -0.2) is 41.2 Å². The number of carbonyl (C=O) groups excluding carboxylic acids is 2. The van der Waals surface area contributed by atoms with Crippen LogP contribution >= 0.6 is 0 Å². The minimum absolute atomic E-state index is 0.250. The Morgan fingerprint density at radius 2 is 2.00 bits per heavy atom. The van der Waals surface area contributed by atoms with E-state index in [1.165, 1.54) is 11.1 Å². The van der Waals surface area contributed by atoms with Crippen LogP contribution in [-0.2, 0) is 16.0 Å². The Kier molecular flexibility index (Phi) is 10.0. The third-order valence-electron chi connectivity index (χ3n) is 4.37. The normalized spacial score (nSPS) is 13.6. The molecule has 1 atom stereocenters. The standard InChI is InChI=1S/C21H21N3O.C2H6.CH3NO/c1-16-5-6-20-17(2)24(11-8-19(20)12-16)14-21(22,15-25)9-7-18-4-3-10-23-13-18;1-2;2-1-3/h3-6,10,12-13,15H,2,8,11,14,22H2,1H3;1-2H3;1H,(H2,2,3). The molecule has 30 heavy (non-hydrogen) atoms. The lowest BCUT2D eigenvalue weighted by Gasteiger charge is -2.36. The van der Waals surface area contributed by atoms with E-state index in [0.29, 0.717) is 12.8 Å². The SMILES string of the molecule is C=C1c2ccc(C)cc2CCN1CC(N)(C#Cc1cccnc1)C=O.CC.NC=O. The number of primary amides is 1. The molecule has 0 fully saturated rings. The van der Waals surface area contributed by atoms with Gasteiger partial charge in [0.25, 0.3) is 0 Å². The summed E-state index contributed by atoms with van der Waals surface area (Å²) in [5.41, 5.74) is 14.4. The van der Waals surface area contributed by atoms with Crippen LogP contribution in [0.5, 0.6) is 0 Å². The van der Waals surface area contributed by atoms with Gasteiger partial charge in [-0.15, -0.1) is 0 Å². The maximum Gasteiger partial charge on any atom is 0.204 e. The van der Waals surface area contributed by atoms with Crippen molar-refractivity contribution in [1.29, 1.82) is 0 Å². The van der Waals surface area contributed by atoms with Crippen molar-refractivity contribution in [2.45, 2.75) is 32.7 Å². The van der Waals surface area contributed by atoms with E-state index >= 15 is 0 Å². The number of benzene rings is 1. The first-order chi connectivity index (χ1) is 14.4. The van der Waals surface area contributed by atoms with Crippen molar-refractivity contribution in [1.82, 2.24) is 9.88 Å². The second-order valence-electron chi connectivity index (χ2n) is 6.56. The monoisotopic (exact) mass is 406 g/mol. The number of pyridine rings is 1. The first-order valence-corrected chi connectivity index (χ1v) is 9.80. The molecule has 0 aliphatic carbocycles. The average Bonchev–Trinajstić information content (AvgIpc) is 2.77. The van der Waals surface area contributed by atoms with E-state index in [4.69, 9.17) is 10.5 Å². The molecule has 158 valence electrons. The zero-order chi connectivity index (χ0) is 22.6. The number of rotatable bonds is 3. The van der Waals surface area contributed by atoms with Crippen molar-refractivity contribution in [2.75, 3.05) is 13.1 Å². The summed E-state index contributed by atoms with van der Waals surface area (Å²) in [6, 6.07) is 9.98.